The minimum atomic E-state index is -1.27. The SMILES string of the molecule is CCC=C[Si]1O[Si]O[Si]O[Si]O1. The fourth-order valence-corrected chi connectivity index (χ4v) is 4.55. The summed E-state index contributed by atoms with van der Waals surface area (Å²) in [6.07, 6.45) is 3.03. The van der Waals surface area contributed by atoms with E-state index >= 15 is 0 Å². The molecule has 7 radical (unpaired) electrons. The first kappa shape index (κ1) is 10.5. The molecule has 1 rings (SSSR count). The molecule has 1 aliphatic rings. The van der Waals surface area contributed by atoms with Gasteiger partial charge in [0.2, 0.25) is 0 Å². The number of hydrogen-bond donors (Lipinski definition) is 0. The summed E-state index contributed by atoms with van der Waals surface area (Å²) in [5.41, 5.74) is 1.96. The molecule has 0 aromatic rings. The average Bonchev–Trinajstić information content (AvgIpc) is 2.02. The van der Waals surface area contributed by atoms with Crippen molar-refractivity contribution >= 4 is 39.3 Å². The van der Waals surface area contributed by atoms with Crippen LogP contribution in [0.1, 0.15) is 13.3 Å². The second-order valence-electron chi connectivity index (χ2n) is 1.79. The smallest absolute Gasteiger partial charge is 0.412 e. The lowest BCUT2D eigenvalue weighted by Gasteiger charge is -2.12. The molecular formula is C4H7O4Si4. The van der Waals surface area contributed by atoms with Crippen LogP contribution in [0.5, 0.6) is 0 Å². The Morgan fingerprint density at radius 3 is 2.42 bits per heavy atom. The zero-order valence-electron chi connectivity index (χ0n) is 6.49. The van der Waals surface area contributed by atoms with Crippen molar-refractivity contribution in [1.29, 1.82) is 0 Å². The quantitative estimate of drug-likeness (QED) is 0.610. The van der Waals surface area contributed by atoms with Crippen molar-refractivity contribution in [3.05, 3.63) is 11.8 Å². The Labute approximate surface area is 81.3 Å². The fourth-order valence-electron chi connectivity index (χ4n) is 0.482. The summed E-state index contributed by atoms with van der Waals surface area (Å²) in [5.74, 6) is 0. The molecule has 0 saturated carbocycles. The van der Waals surface area contributed by atoms with E-state index in [2.05, 4.69) is 6.92 Å². The van der Waals surface area contributed by atoms with Gasteiger partial charge in [0, 0.05) is 0 Å². The highest BCUT2D eigenvalue weighted by Crippen LogP contribution is 1.94. The van der Waals surface area contributed by atoms with Gasteiger partial charge in [0.05, 0.1) is 0 Å². The highest BCUT2D eigenvalue weighted by atomic mass is 28.4. The lowest BCUT2D eigenvalue weighted by atomic mass is 10.5. The van der Waals surface area contributed by atoms with Gasteiger partial charge in [0.15, 0.2) is 0 Å². The van der Waals surface area contributed by atoms with E-state index in [0.717, 1.165) is 6.42 Å². The Hall–Kier alpha value is 0.448. The van der Waals surface area contributed by atoms with Gasteiger partial charge in [-0.15, -0.1) is 0 Å². The predicted molar refractivity (Wildman–Crippen MR) is 46.8 cm³/mol. The van der Waals surface area contributed by atoms with Gasteiger partial charge in [-0.05, 0) is 12.1 Å². The third-order valence-electron chi connectivity index (χ3n) is 0.941. The first-order valence-corrected chi connectivity index (χ1v) is 7.21. The Kier molecular flexibility index (Phi) is 6.06. The van der Waals surface area contributed by atoms with Crippen LogP contribution in [-0.4, -0.2) is 39.3 Å². The van der Waals surface area contributed by atoms with E-state index in [1.807, 2.05) is 11.8 Å². The molecule has 1 heterocycles. The molecule has 0 amide bonds. The van der Waals surface area contributed by atoms with Crippen molar-refractivity contribution < 1.29 is 16.5 Å². The molecule has 0 aromatic carbocycles. The molecule has 0 unspecified atom stereocenters. The van der Waals surface area contributed by atoms with Crippen molar-refractivity contribution in [3.63, 3.8) is 0 Å². The Balaban J connectivity index is 2.24. The molecule has 0 atom stereocenters. The van der Waals surface area contributed by atoms with Crippen LogP contribution in [0.2, 0.25) is 0 Å². The maximum atomic E-state index is 5.32. The summed E-state index contributed by atoms with van der Waals surface area (Å²) >= 11 is 0. The van der Waals surface area contributed by atoms with Crippen molar-refractivity contribution in [1.82, 2.24) is 0 Å². The highest BCUT2D eigenvalue weighted by Gasteiger charge is 2.17. The van der Waals surface area contributed by atoms with E-state index in [1.54, 1.807) is 0 Å². The number of allylic oxidation sites excluding steroid dienone is 1. The minimum absolute atomic E-state index is 0.0427. The van der Waals surface area contributed by atoms with Crippen molar-refractivity contribution in [3.8, 4) is 0 Å². The van der Waals surface area contributed by atoms with Crippen molar-refractivity contribution in [2.75, 3.05) is 0 Å². The second kappa shape index (κ2) is 6.91. The van der Waals surface area contributed by atoms with Gasteiger partial charge in [0.1, 0.15) is 0 Å². The predicted octanol–water partition coefficient (Wildman–Crippen LogP) is -0.337. The van der Waals surface area contributed by atoms with E-state index in [-0.39, 0.29) is 30.0 Å². The van der Waals surface area contributed by atoms with Gasteiger partial charge in [-0.2, -0.15) is 0 Å². The van der Waals surface area contributed by atoms with Crippen LogP contribution < -0.4 is 0 Å². The number of hydrogen-bond acceptors (Lipinski definition) is 4. The van der Waals surface area contributed by atoms with Crippen LogP contribution in [0.25, 0.3) is 0 Å². The monoisotopic (exact) mass is 231 g/mol. The van der Waals surface area contributed by atoms with Gasteiger partial charge >= 0.3 is 39.3 Å². The summed E-state index contributed by atoms with van der Waals surface area (Å²) in [6.45, 7) is 2.07. The lowest BCUT2D eigenvalue weighted by molar-refractivity contribution is 0.336. The van der Waals surface area contributed by atoms with Gasteiger partial charge in [-0.1, -0.05) is 13.0 Å². The van der Waals surface area contributed by atoms with Gasteiger partial charge in [0.25, 0.3) is 0 Å². The second-order valence-corrected chi connectivity index (χ2v) is 6.53. The van der Waals surface area contributed by atoms with Crippen LogP contribution >= 0.6 is 0 Å². The molecule has 1 fully saturated rings. The Bertz CT molecular complexity index is 135. The molecule has 63 valence electrons. The normalized spacial score (nSPS) is 22.4. The maximum Gasteiger partial charge on any atom is 0.413 e. The average molecular weight is 231 g/mol. The molecule has 4 nitrogen and oxygen atoms in total. The summed E-state index contributed by atoms with van der Waals surface area (Å²) < 4.78 is 20.7. The number of rotatable bonds is 2. The van der Waals surface area contributed by atoms with E-state index < -0.39 is 9.28 Å². The summed E-state index contributed by atoms with van der Waals surface area (Å²) in [5, 5.41) is 0. The first-order chi connectivity index (χ1) is 5.93. The molecular weight excluding hydrogens is 224 g/mol. The fraction of sp³-hybridized carbons (Fsp3) is 0.500. The topological polar surface area (TPSA) is 36.9 Å². The molecule has 8 heteroatoms. The van der Waals surface area contributed by atoms with Crippen LogP contribution in [0.4, 0.5) is 0 Å². The van der Waals surface area contributed by atoms with Crippen LogP contribution in [0.3, 0.4) is 0 Å². The van der Waals surface area contributed by atoms with E-state index in [0.29, 0.717) is 0 Å². The maximum absolute atomic E-state index is 5.32. The first-order valence-electron chi connectivity index (χ1n) is 3.37. The van der Waals surface area contributed by atoms with Crippen molar-refractivity contribution in [2.24, 2.45) is 0 Å². The van der Waals surface area contributed by atoms with E-state index in [1.165, 1.54) is 0 Å². The van der Waals surface area contributed by atoms with Crippen LogP contribution in [-0.2, 0) is 16.5 Å². The molecule has 0 bridgehead atoms. The minimum Gasteiger partial charge on any atom is -0.412 e. The standard InChI is InChI=1S/C4H7O4Si4/c1-2-3-4-12-7-10-5-9-6-11-8-12/h3-4H,2H2,1H3. The Morgan fingerprint density at radius 2 is 1.83 bits per heavy atom. The molecule has 0 aliphatic carbocycles. The summed E-state index contributed by atoms with van der Waals surface area (Å²) in [6, 6.07) is 0. The van der Waals surface area contributed by atoms with E-state index in [4.69, 9.17) is 16.5 Å². The van der Waals surface area contributed by atoms with Crippen molar-refractivity contribution in [2.45, 2.75) is 13.3 Å². The molecule has 1 saturated heterocycles. The van der Waals surface area contributed by atoms with Gasteiger partial charge < -0.3 is 16.5 Å². The highest BCUT2D eigenvalue weighted by molar-refractivity contribution is 6.63. The molecule has 0 N–H and O–H groups in total. The lowest BCUT2D eigenvalue weighted by Crippen LogP contribution is -2.31. The zero-order chi connectivity index (χ0) is 8.65. The molecule has 0 aromatic heterocycles. The summed E-state index contributed by atoms with van der Waals surface area (Å²) in [7, 11) is -1.14. The zero-order valence-corrected chi connectivity index (χ0v) is 10.5. The van der Waals surface area contributed by atoms with Gasteiger partial charge in [-0.3, -0.25) is 0 Å². The van der Waals surface area contributed by atoms with E-state index in [9.17, 15) is 0 Å². The third kappa shape index (κ3) is 4.47. The van der Waals surface area contributed by atoms with Crippen LogP contribution in [0, 0.1) is 0 Å². The molecule has 1 aliphatic heterocycles. The third-order valence-corrected chi connectivity index (χ3v) is 5.06. The van der Waals surface area contributed by atoms with Gasteiger partial charge in [-0.25, -0.2) is 0 Å². The van der Waals surface area contributed by atoms with Crippen LogP contribution in [0.15, 0.2) is 11.8 Å². The summed E-state index contributed by atoms with van der Waals surface area (Å²) in [4.78, 5) is 0. The molecule has 12 heavy (non-hydrogen) atoms. The largest absolute Gasteiger partial charge is 0.413 e. The molecule has 0 spiro atoms. The Morgan fingerprint density at radius 1 is 1.17 bits per heavy atom.